The summed E-state index contributed by atoms with van der Waals surface area (Å²) in [5.41, 5.74) is 0.523. The molecule has 0 aliphatic carbocycles. The molecule has 0 aromatic heterocycles. The van der Waals surface area contributed by atoms with Gasteiger partial charge in [0.25, 0.3) is 0 Å². The van der Waals surface area contributed by atoms with Crippen molar-refractivity contribution >= 4 is 11.8 Å². The molecule has 2 aromatic carbocycles. The van der Waals surface area contributed by atoms with E-state index >= 15 is 0 Å². The highest BCUT2D eigenvalue weighted by Crippen LogP contribution is 2.25. The Morgan fingerprint density at radius 2 is 1.82 bits per heavy atom. The van der Waals surface area contributed by atoms with Gasteiger partial charge in [0.15, 0.2) is 0 Å². The molecule has 0 saturated carbocycles. The van der Waals surface area contributed by atoms with Crippen molar-refractivity contribution in [2.24, 2.45) is 10.2 Å². The largest absolute Gasteiger partial charge is 0.457 e. The topological polar surface area (TPSA) is 60.2 Å². The van der Waals surface area contributed by atoms with Crippen LogP contribution in [0.3, 0.4) is 0 Å². The van der Waals surface area contributed by atoms with E-state index in [1.165, 1.54) is 0 Å². The van der Waals surface area contributed by atoms with Crippen LogP contribution >= 0.6 is 0 Å². The first-order valence-electron chi connectivity index (χ1n) is 7.12. The van der Waals surface area contributed by atoms with Crippen LogP contribution in [0.4, 0.5) is 10.5 Å². The summed E-state index contributed by atoms with van der Waals surface area (Å²) >= 11 is 0. The van der Waals surface area contributed by atoms with E-state index in [4.69, 9.17) is 9.47 Å². The highest BCUT2D eigenvalue weighted by atomic mass is 16.6. The molecular weight excluding hydrogens is 280 g/mol. The summed E-state index contributed by atoms with van der Waals surface area (Å²) in [5, 5.41) is 7.41. The zero-order chi connectivity index (χ0) is 15.8. The van der Waals surface area contributed by atoms with Crippen molar-refractivity contribution in [1.29, 1.82) is 0 Å². The first-order chi connectivity index (χ1) is 10.7. The lowest BCUT2D eigenvalue weighted by Gasteiger charge is -2.07. The number of carbonyl (C=O) groups is 1. The molecule has 5 nitrogen and oxygen atoms in total. The van der Waals surface area contributed by atoms with Crippen molar-refractivity contribution in [3.63, 3.8) is 0 Å². The fourth-order valence-corrected chi connectivity index (χ4v) is 1.61. The third-order valence-corrected chi connectivity index (χ3v) is 2.92. The Balaban J connectivity index is 2.01. The Kier molecular flexibility index (Phi) is 5.65. The molecule has 0 aliphatic rings. The van der Waals surface area contributed by atoms with Gasteiger partial charge < -0.3 is 9.47 Å². The second kappa shape index (κ2) is 7.93. The normalized spacial score (nSPS) is 12.1. The van der Waals surface area contributed by atoms with Gasteiger partial charge in [-0.05, 0) is 37.6 Å². The smallest absolute Gasteiger partial charge is 0.452 e. The van der Waals surface area contributed by atoms with Crippen molar-refractivity contribution in [2.75, 3.05) is 0 Å². The summed E-state index contributed by atoms with van der Waals surface area (Å²) in [6, 6.07) is 16.4. The minimum atomic E-state index is -0.691. The summed E-state index contributed by atoms with van der Waals surface area (Å²) in [6.07, 6.45) is -0.121. The fourth-order valence-electron chi connectivity index (χ4n) is 1.61. The molecule has 0 N–H and O–H groups in total. The van der Waals surface area contributed by atoms with Gasteiger partial charge in [-0.2, -0.15) is 0 Å². The van der Waals surface area contributed by atoms with Crippen LogP contribution in [0, 0.1) is 0 Å². The Labute approximate surface area is 129 Å². The first kappa shape index (κ1) is 15.7. The van der Waals surface area contributed by atoms with Gasteiger partial charge in [-0.3, -0.25) is 0 Å². The number of hydrogen-bond donors (Lipinski definition) is 0. The SMILES string of the molecule is CCC(C)OC(=O)N=Nc1cccc(Oc2ccccc2)c1. The predicted octanol–water partition coefficient (Wildman–Crippen LogP) is 5.50. The van der Waals surface area contributed by atoms with Crippen LogP contribution in [0.25, 0.3) is 0 Å². The average molecular weight is 298 g/mol. The first-order valence-corrected chi connectivity index (χ1v) is 7.12. The number of amides is 1. The average Bonchev–Trinajstić information content (AvgIpc) is 2.54. The van der Waals surface area contributed by atoms with E-state index in [1.807, 2.05) is 50.2 Å². The van der Waals surface area contributed by atoms with Gasteiger partial charge in [-0.1, -0.05) is 36.3 Å². The second-order valence-corrected chi connectivity index (χ2v) is 4.72. The quantitative estimate of drug-likeness (QED) is 0.685. The lowest BCUT2D eigenvalue weighted by atomic mass is 10.3. The van der Waals surface area contributed by atoms with Gasteiger partial charge in [-0.25, -0.2) is 4.79 Å². The Morgan fingerprint density at radius 3 is 2.55 bits per heavy atom. The maximum absolute atomic E-state index is 11.4. The van der Waals surface area contributed by atoms with E-state index in [0.717, 1.165) is 12.2 Å². The molecule has 22 heavy (non-hydrogen) atoms. The van der Waals surface area contributed by atoms with Crippen LogP contribution in [-0.2, 0) is 4.74 Å². The maximum Gasteiger partial charge on any atom is 0.452 e. The summed E-state index contributed by atoms with van der Waals surface area (Å²) < 4.78 is 10.7. The van der Waals surface area contributed by atoms with Crippen LogP contribution in [0.1, 0.15) is 20.3 Å². The fraction of sp³-hybridized carbons (Fsp3) is 0.235. The lowest BCUT2D eigenvalue weighted by molar-refractivity contribution is 0.113. The number of hydrogen-bond acceptors (Lipinski definition) is 4. The number of azo groups is 1. The van der Waals surface area contributed by atoms with Gasteiger partial charge >= 0.3 is 6.09 Å². The summed E-state index contributed by atoms with van der Waals surface area (Å²) in [6.45, 7) is 3.74. The highest BCUT2D eigenvalue weighted by molar-refractivity contribution is 5.68. The molecule has 5 heteroatoms. The molecule has 0 spiro atoms. The number of carbonyl (C=O) groups excluding carboxylic acids is 1. The van der Waals surface area contributed by atoms with E-state index in [2.05, 4.69) is 10.2 Å². The summed E-state index contributed by atoms with van der Waals surface area (Å²) in [5.74, 6) is 1.35. The third kappa shape index (κ3) is 5.01. The van der Waals surface area contributed by atoms with Crippen LogP contribution in [0.5, 0.6) is 11.5 Å². The second-order valence-electron chi connectivity index (χ2n) is 4.72. The summed E-state index contributed by atoms with van der Waals surface area (Å²) in [7, 11) is 0. The zero-order valence-corrected chi connectivity index (χ0v) is 12.6. The van der Waals surface area contributed by atoms with Crippen molar-refractivity contribution in [3.05, 3.63) is 54.6 Å². The van der Waals surface area contributed by atoms with Crippen molar-refractivity contribution < 1.29 is 14.3 Å². The standard InChI is InChI=1S/C17H18N2O3/c1-3-13(2)21-17(20)19-18-14-8-7-11-16(12-14)22-15-9-5-4-6-10-15/h4-13H,3H2,1-2H3. The van der Waals surface area contributed by atoms with Crippen molar-refractivity contribution in [3.8, 4) is 11.5 Å². The highest BCUT2D eigenvalue weighted by Gasteiger charge is 2.06. The minimum absolute atomic E-state index is 0.167. The lowest BCUT2D eigenvalue weighted by Crippen LogP contribution is -2.09. The van der Waals surface area contributed by atoms with Crippen LogP contribution in [0.15, 0.2) is 64.8 Å². The van der Waals surface area contributed by atoms with Gasteiger partial charge in [-0.15, -0.1) is 5.11 Å². The molecule has 0 fully saturated rings. The van der Waals surface area contributed by atoms with E-state index in [-0.39, 0.29) is 6.10 Å². The molecule has 1 atom stereocenters. The van der Waals surface area contributed by atoms with Gasteiger partial charge in [0.05, 0.1) is 5.69 Å². The maximum atomic E-state index is 11.4. The monoisotopic (exact) mass is 298 g/mol. The Morgan fingerprint density at radius 1 is 1.09 bits per heavy atom. The molecule has 1 unspecified atom stereocenters. The molecule has 0 bridgehead atoms. The molecule has 2 rings (SSSR count). The number of nitrogens with zero attached hydrogens (tertiary/aromatic N) is 2. The molecule has 2 aromatic rings. The van der Waals surface area contributed by atoms with E-state index < -0.39 is 6.09 Å². The van der Waals surface area contributed by atoms with Gasteiger partial charge in [0, 0.05) is 6.07 Å². The summed E-state index contributed by atoms with van der Waals surface area (Å²) in [4.78, 5) is 11.4. The van der Waals surface area contributed by atoms with Crippen LogP contribution in [-0.4, -0.2) is 12.2 Å². The number of ether oxygens (including phenoxy) is 2. The van der Waals surface area contributed by atoms with Crippen LogP contribution < -0.4 is 4.74 Å². The van der Waals surface area contributed by atoms with Crippen molar-refractivity contribution in [2.45, 2.75) is 26.4 Å². The van der Waals surface area contributed by atoms with Crippen LogP contribution in [0.2, 0.25) is 0 Å². The minimum Gasteiger partial charge on any atom is -0.457 e. The number of benzene rings is 2. The number of rotatable bonds is 5. The Bertz CT molecular complexity index is 641. The molecule has 0 heterocycles. The predicted molar refractivity (Wildman–Crippen MR) is 83.7 cm³/mol. The molecular formula is C17H18N2O3. The van der Waals surface area contributed by atoms with E-state index in [1.54, 1.807) is 18.2 Å². The molecule has 114 valence electrons. The van der Waals surface area contributed by atoms with Crippen molar-refractivity contribution in [1.82, 2.24) is 0 Å². The zero-order valence-electron chi connectivity index (χ0n) is 12.6. The number of para-hydroxylation sites is 1. The van der Waals surface area contributed by atoms with Gasteiger partial charge in [0.1, 0.15) is 17.6 Å². The Hall–Kier alpha value is -2.69. The molecule has 1 amide bonds. The van der Waals surface area contributed by atoms with E-state index in [0.29, 0.717) is 11.4 Å². The van der Waals surface area contributed by atoms with Gasteiger partial charge in [0.2, 0.25) is 0 Å². The third-order valence-electron chi connectivity index (χ3n) is 2.92. The molecule has 0 saturated heterocycles. The van der Waals surface area contributed by atoms with E-state index in [9.17, 15) is 4.79 Å². The molecule has 0 radical (unpaired) electrons. The molecule has 0 aliphatic heterocycles.